The van der Waals surface area contributed by atoms with Crippen molar-refractivity contribution in [1.82, 2.24) is 19.1 Å². The monoisotopic (exact) mass is 392 g/mol. The minimum atomic E-state index is 0.939. The third kappa shape index (κ3) is 2.92. The van der Waals surface area contributed by atoms with Gasteiger partial charge in [-0.2, -0.15) is 0 Å². The van der Waals surface area contributed by atoms with Crippen LogP contribution in [0.25, 0.3) is 39.2 Å². The largest absolute Gasteiger partial charge is 0.331 e. The molecule has 4 heteroatoms. The van der Waals surface area contributed by atoms with Crippen molar-refractivity contribution in [2.45, 2.75) is 20.8 Å². The van der Waals surface area contributed by atoms with E-state index in [1.165, 1.54) is 27.9 Å². The van der Waals surface area contributed by atoms with Gasteiger partial charge in [-0.1, -0.05) is 30.3 Å². The van der Waals surface area contributed by atoms with Gasteiger partial charge in [0.15, 0.2) is 0 Å². The van der Waals surface area contributed by atoms with E-state index in [4.69, 9.17) is 4.98 Å². The summed E-state index contributed by atoms with van der Waals surface area (Å²) in [6, 6.07) is 21.4. The lowest BCUT2D eigenvalue weighted by atomic mass is 9.98. The lowest BCUT2D eigenvalue weighted by Gasteiger charge is -2.16. The van der Waals surface area contributed by atoms with E-state index in [1.807, 2.05) is 19.3 Å². The van der Waals surface area contributed by atoms with Gasteiger partial charge < -0.3 is 4.57 Å². The molecule has 30 heavy (non-hydrogen) atoms. The first-order valence-corrected chi connectivity index (χ1v) is 10.2. The van der Waals surface area contributed by atoms with Gasteiger partial charge in [0.2, 0.25) is 0 Å². The SMILES string of the molecule is Cc1cc(-c2ccccc2)cc(C)c1-n1ccnc1-c1ccc2nc(C)n(C)c2c1. The predicted octanol–water partition coefficient (Wildman–Crippen LogP) is 6.02. The number of rotatable bonds is 3. The van der Waals surface area contributed by atoms with Crippen molar-refractivity contribution in [3.8, 4) is 28.2 Å². The first-order valence-electron chi connectivity index (χ1n) is 10.2. The molecule has 0 aliphatic carbocycles. The number of nitrogens with zero attached hydrogens (tertiary/aromatic N) is 4. The molecule has 0 spiro atoms. The molecule has 4 nitrogen and oxygen atoms in total. The minimum Gasteiger partial charge on any atom is -0.331 e. The van der Waals surface area contributed by atoms with Crippen molar-refractivity contribution in [2.24, 2.45) is 7.05 Å². The second-order valence-corrected chi connectivity index (χ2v) is 7.87. The molecule has 0 atom stereocenters. The summed E-state index contributed by atoms with van der Waals surface area (Å²) in [6.45, 7) is 6.38. The minimum absolute atomic E-state index is 0.939. The van der Waals surface area contributed by atoms with Crippen LogP contribution >= 0.6 is 0 Å². The number of aryl methyl sites for hydroxylation is 4. The molecular weight excluding hydrogens is 368 g/mol. The van der Waals surface area contributed by atoms with E-state index >= 15 is 0 Å². The molecule has 0 amide bonds. The number of imidazole rings is 2. The van der Waals surface area contributed by atoms with Crippen molar-refractivity contribution in [2.75, 3.05) is 0 Å². The Labute approximate surface area is 176 Å². The Morgan fingerprint density at radius 3 is 2.23 bits per heavy atom. The molecule has 0 aliphatic rings. The highest BCUT2D eigenvalue weighted by Crippen LogP contribution is 2.31. The van der Waals surface area contributed by atoms with E-state index in [0.29, 0.717) is 0 Å². The maximum atomic E-state index is 4.70. The molecule has 5 aromatic rings. The molecule has 0 radical (unpaired) electrons. The van der Waals surface area contributed by atoms with Gasteiger partial charge >= 0.3 is 0 Å². The molecule has 0 N–H and O–H groups in total. The molecule has 3 aromatic carbocycles. The maximum Gasteiger partial charge on any atom is 0.144 e. The quantitative estimate of drug-likeness (QED) is 0.376. The van der Waals surface area contributed by atoms with Crippen LogP contribution in [0.2, 0.25) is 0 Å². The number of benzene rings is 3. The van der Waals surface area contributed by atoms with Gasteiger partial charge in [-0.15, -0.1) is 0 Å². The Hall–Kier alpha value is -3.66. The number of hydrogen-bond donors (Lipinski definition) is 0. The van der Waals surface area contributed by atoms with Crippen LogP contribution in [0.5, 0.6) is 0 Å². The third-order valence-corrected chi connectivity index (χ3v) is 5.84. The molecule has 0 aliphatic heterocycles. The zero-order chi connectivity index (χ0) is 20.8. The number of hydrogen-bond acceptors (Lipinski definition) is 2. The Bertz CT molecular complexity index is 1350. The van der Waals surface area contributed by atoms with Gasteiger partial charge in [0.25, 0.3) is 0 Å². The van der Waals surface area contributed by atoms with E-state index in [-0.39, 0.29) is 0 Å². The van der Waals surface area contributed by atoms with Crippen molar-refractivity contribution in [3.05, 3.63) is 90.0 Å². The zero-order valence-corrected chi connectivity index (χ0v) is 17.7. The second kappa shape index (κ2) is 6.99. The summed E-state index contributed by atoms with van der Waals surface area (Å²) in [7, 11) is 2.05. The van der Waals surface area contributed by atoms with Crippen LogP contribution in [-0.2, 0) is 7.05 Å². The molecule has 5 rings (SSSR count). The van der Waals surface area contributed by atoms with Gasteiger partial charge in [0.1, 0.15) is 11.6 Å². The van der Waals surface area contributed by atoms with Crippen LogP contribution < -0.4 is 0 Å². The van der Waals surface area contributed by atoms with Crippen LogP contribution in [0, 0.1) is 20.8 Å². The van der Waals surface area contributed by atoms with Crippen molar-refractivity contribution in [1.29, 1.82) is 0 Å². The van der Waals surface area contributed by atoms with Crippen LogP contribution in [0.15, 0.2) is 73.1 Å². The number of fused-ring (bicyclic) bond motifs is 1. The molecule has 0 fully saturated rings. The Balaban J connectivity index is 1.64. The average Bonchev–Trinajstić information content (AvgIpc) is 3.33. The molecule has 2 heterocycles. The summed E-state index contributed by atoms with van der Waals surface area (Å²) in [4.78, 5) is 9.32. The second-order valence-electron chi connectivity index (χ2n) is 7.87. The Morgan fingerprint density at radius 1 is 0.767 bits per heavy atom. The summed E-state index contributed by atoms with van der Waals surface area (Å²) in [5.41, 5.74) is 9.32. The van der Waals surface area contributed by atoms with E-state index in [1.54, 1.807) is 0 Å². The molecule has 0 unspecified atom stereocenters. The van der Waals surface area contributed by atoms with E-state index in [2.05, 4.69) is 95.7 Å². The zero-order valence-electron chi connectivity index (χ0n) is 17.7. The van der Waals surface area contributed by atoms with Gasteiger partial charge in [0, 0.05) is 25.0 Å². The maximum absolute atomic E-state index is 4.70. The third-order valence-electron chi connectivity index (χ3n) is 5.84. The summed E-state index contributed by atoms with van der Waals surface area (Å²) in [5, 5.41) is 0. The fourth-order valence-electron chi connectivity index (χ4n) is 4.28. The average molecular weight is 393 g/mol. The predicted molar refractivity (Wildman–Crippen MR) is 123 cm³/mol. The molecular formula is C26H24N4. The highest BCUT2D eigenvalue weighted by Gasteiger charge is 2.15. The highest BCUT2D eigenvalue weighted by atomic mass is 15.1. The van der Waals surface area contributed by atoms with Gasteiger partial charge in [-0.3, -0.25) is 4.57 Å². The first-order chi connectivity index (χ1) is 14.5. The van der Waals surface area contributed by atoms with Gasteiger partial charge in [0.05, 0.1) is 16.7 Å². The van der Waals surface area contributed by atoms with Crippen molar-refractivity contribution < 1.29 is 0 Å². The van der Waals surface area contributed by atoms with Crippen molar-refractivity contribution >= 4 is 11.0 Å². The summed E-state index contributed by atoms with van der Waals surface area (Å²) >= 11 is 0. The van der Waals surface area contributed by atoms with Gasteiger partial charge in [-0.25, -0.2) is 9.97 Å². The molecule has 0 saturated carbocycles. The smallest absolute Gasteiger partial charge is 0.144 e. The van der Waals surface area contributed by atoms with Crippen molar-refractivity contribution in [3.63, 3.8) is 0 Å². The molecule has 148 valence electrons. The van der Waals surface area contributed by atoms with E-state index in [0.717, 1.165) is 28.2 Å². The van der Waals surface area contributed by atoms with E-state index < -0.39 is 0 Å². The lowest BCUT2D eigenvalue weighted by Crippen LogP contribution is -2.02. The Morgan fingerprint density at radius 2 is 1.50 bits per heavy atom. The van der Waals surface area contributed by atoms with Crippen LogP contribution in [0.3, 0.4) is 0 Å². The lowest BCUT2D eigenvalue weighted by molar-refractivity contribution is 0.886. The topological polar surface area (TPSA) is 35.6 Å². The van der Waals surface area contributed by atoms with E-state index in [9.17, 15) is 0 Å². The summed E-state index contributed by atoms with van der Waals surface area (Å²) in [6.07, 6.45) is 3.92. The standard InChI is InChI=1S/C26H24N4/c1-17-14-22(20-8-6-5-7-9-20)15-18(2)25(17)30-13-12-27-26(30)21-10-11-23-24(16-21)29(4)19(3)28-23/h5-16H,1-4H3. The van der Waals surface area contributed by atoms with Crippen LogP contribution in [-0.4, -0.2) is 19.1 Å². The molecule has 0 saturated heterocycles. The highest BCUT2D eigenvalue weighted by molar-refractivity contribution is 5.82. The molecule has 2 aromatic heterocycles. The first kappa shape index (κ1) is 18.4. The molecule has 0 bridgehead atoms. The Kier molecular flexibility index (Phi) is 4.28. The van der Waals surface area contributed by atoms with Crippen LogP contribution in [0.1, 0.15) is 17.0 Å². The fraction of sp³-hybridized carbons (Fsp3) is 0.154. The summed E-state index contributed by atoms with van der Waals surface area (Å²) in [5.74, 6) is 1.95. The van der Waals surface area contributed by atoms with Gasteiger partial charge in [-0.05, 0) is 73.4 Å². The normalized spacial score (nSPS) is 11.3. The fourth-order valence-corrected chi connectivity index (χ4v) is 4.28. The summed E-state index contributed by atoms with van der Waals surface area (Å²) < 4.78 is 4.32. The number of aromatic nitrogens is 4. The van der Waals surface area contributed by atoms with Crippen LogP contribution in [0.4, 0.5) is 0 Å².